The zero-order chi connectivity index (χ0) is 25.9. The van der Waals surface area contributed by atoms with Gasteiger partial charge in [0, 0.05) is 36.0 Å². The van der Waals surface area contributed by atoms with Crippen LogP contribution in [0.2, 0.25) is 0 Å². The van der Waals surface area contributed by atoms with Gasteiger partial charge in [-0.3, -0.25) is 20.2 Å². The van der Waals surface area contributed by atoms with Gasteiger partial charge in [0.05, 0.1) is 4.92 Å². The number of carbonyl (C=O) groups excluding carboxylic acids is 1. The van der Waals surface area contributed by atoms with Gasteiger partial charge in [0.2, 0.25) is 5.89 Å². The van der Waals surface area contributed by atoms with E-state index in [1.807, 2.05) is 36.1 Å². The van der Waals surface area contributed by atoms with Crippen molar-refractivity contribution in [3.05, 3.63) is 81.9 Å². The van der Waals surface area contributed by atoms with Crippen molar-refractivity contribution in [1.29, 1.82) is 0 Å². The summed E-state index contributed by atoms with van der Waals surface area (Å²) < 4.78 is 5.86. The van der Waals surface area contributed by atoms with Crippen molar-refractivity contribution < 1.29 is 14.1 Å². The predicted octanol–water partition coefficient (Wildman–Crippen LogP) is 5.83. The van der Waals surface area contributed by atoms with E-state index in [-0.39, 0.29) is 16.4 Å². The zero-order valence-corrected chi connectivity index (χ0v) is 21.0. The molecule has 0 aliphatic carbocycles. The number of piperidine rings is 1. The van der Waals surface area contributed by atoms with E-state index in [4.69, 9.17) is 16.6 Å². The molecule has 0 saturated carbocycles. The molecule has 0 spiro atoms. The maximum absolute atomic E-state index is 12.8. The van der Waals surface area contributed by atoms with Gasteiger partial charge in [0.25, 0.3) is 11.6 Å². The highest BCUT2D eigenvalue weighted by Gasteiger charge is 2.23. The normalized spacial score (nSPS) is 13.4. The second kappa shape index (κ2) is 10.4. The van der Waals surface area contributed by atoms with E-state index >= 15 is 0 Å². The number of oxazole rings is 1. The highest BCUT2D eigenvalue weighted by Crippen LogP contribution is 2.31. The topological polar surface area (TPSA) is 114 Å². The third-order valence-electron chi connectivity index (χ3n) is 6.30. The second-order valence-corrected chi connectivity index (χ2v) is 9.39. The Morgan fingerprint density at radius 3 is 2.54 bits per heavy atom. The number of thiocarbonyl (C=S) groups is 1. The number of aromatic nitrogens is 1. The molecule has 10 heteroatoms. The van der Waals surface area contributed by atoms with Crippen molar-refractivity contribution in [3.8, 4) is 11.5 Å². The number of nitrogens with zero attached hydrogens (tertiary/aromatic N) is 3. The van der Waals surface area contributed by atoms with Gasteiger partial charge in [-0.2, -0.15) is 0 Å². The summed E-state index contributed by atoms with van der Waals surface area (Å²) in [6.45, 7) is 3.55. The quantitative estimate of drug-likeness (QED) is 0.194. The Morgan fingerprint density at radius 1 is 1.05 bits per heavy atom. The molecule has 1 aromatic heterocycles. The fraction of sp³-hybridized carbons (Fsp3) is 0.222. The van der Waals surface area contributed by atoms with Crippen molar-refractivity contribution >= 4 is 51.4 Å². The Labute approximate surface area is 218 Å². The van der Waals surface area contributed by atoms with E-state index in [0.29, 0.717) is 28.4 Å². The first-order valence-electron chi connectivity index (χ1n) is 12.0. The number of nitrogens with one attached hydrogen (secondary N) is 2. The van der Waals surface area contributed by atoms with Gasteiger partial charge in [0.15, 0.2) is 10.7 Å². The van der Waals surface area contributed by atoms with E-state index in [0.717, 1.165) is 43.5 Å². The summed E-state index contributed by atoms with van der Waals surface area (Å²) in [4.78, 5) is 30.6. The second-order valence-electron chi connectivity index (χ2n) is 8.98. The van der Waals surface area contributed by atoms with Gasteiger partial charge < -0.3 is 14.6 Å². The van der Waals surface area contributed by atoms with Gasteiger partial charge >= 0.3 is 0 Å². The van der Waals surface area contributed by atoms with Crippen LogP contribution in [0.3, 0.4) is 0 Å². The molecule has 0 bridgehead atoms. The number of benzene rings is 3. The van der Waals surface area contributed by atoms with Crippen LogP contribution < -0.4 is 15.5 Å². The number of hydrogen-bond acceptors (Lipinski definition) is 7. The van der Waals surface area contributed by atoms with Crippen molar-refractivity contribution in [2.24, 2.45) is 0 Å². The number of nitro benzene ring substituents is 1. The van der Waals surface area contributed by atoms with Gasteiger partial charge in [-0.05, 0) is 80.9 Å². The monoisotopic (exact) mass is 515 g/mol. The van der Waals surface area contributed by atoms with Crippen LogP contribution in [0.5, 0.6) is 0 Å². The first kappa shape index (κ1) is 24.4. The van der Waals surface area contributed by atoms with Crippen molar-refractivity contribution in [1.82, 2.24) is 10.3 Å². The van der Waals surface area contributed by atoms with Crippen LogP contribution in [0.25, 0.3) is 22.6 Å². The summed E-state index contributed by atoms with van der Waals surface area (Å²) in [5.41, 5.74) is 4.51. The molecule has 1 aliphatic heterocycles. The van der Waals surface area contributed by atoms with Gasteiger partial charge in [-0.1, -0.05) is 17.7 Å². The average Bonchev–Trinajstić information content (AvgIpc) is 3.32. The maximum Gasteiger partial charge on any atom is 0.293 e. The van der Waals surface area contributed by atoms with Crippen LogP contribution in [0, 0.1) is 17.0 Å². The van der Waals surface area contributed by atoms with Gasteiger partial charge in [-0.25, -0.2) is 4.98 Å². The predicted molar refractivity (Wildman–Crippen MR) is 147 cm³/mol. The lowest BCUT2D eigenvalue weighted by Gasteiger charge is -2.28. The van der Waals surface area contributed by atoms with Crippen LogP contribution in [-0.4, -0.2) is 34.0 Å². The standard InChI is InChI=1S/C27H25N5O4S/c1-17-5-7-18(8-6-17)26-29-21-16-20(10-12-24(21)36-26)28-27(37)30-25(33)19-9-11-22(23(15-19)32(34)35)31-13-3-2-4-14-31/h5-12,15-16H,2-4,13-14H2,1H3,(H2,28,30,33,37). The van der Waals surface area contributed by atoms with Crippen LogP contribution in [0.4, 0.5) is 17.1 Å². The summed E-state index contributed by atoms with van der Waals surface area (Å²) in [5, 5.41) is 17.3. The number of carbonyl (C=O) groups is 1. The summed E-state index contributed by atoms with van der Waals surface area (Å²) in [6, 6.07) is 17.7. The number of amides is 1. The molecule has 37 heavy (non-hydrogen) atoms. The highest BCUT2D eigenvalue weighted by molar-refractivity contribution is 7.80. The molecule has 0 atom stereocenters. The third-order valence-corrected chi connectivity index (χ3v) is 6.51. The summed E-state index contributed by atoms with van der Waals surface area (Å²) >= 11 is 5.31. The Balaban J connectivity index is 1.28. The molecule has 5 rings (SSSR count). The molecule has 0 radical (unpaired) electrons. The minimum atomic E-state index is -0.532. The fourth-order valence-electron chi connectivity index (χ4n) is 4.38. The molecule has 1 amide bonds. The van der Waals surface area contributed by atoms with Gasteiger partial charge in [-0.15, -0.1) is 0 Å². The van der Waals surface area contributed by atoms with E-state index in [1.165, 1.54) is 6.07 Å². The van der Waals surface area contributed by atoms with E-state index in [9.17, 15) is 14.9 Å². The van der Waals surface area contributed by atoms with Crippen molar-refractivity contribution in [2.75, 3.05) is 23.3 Å². The number of aryl methyl sites for hydroxylation is 1. The number of fused-ring (bicyclic) bond motifs is 1. The molecular formula is C27H25N5O4S. The van der Waals surface area contributed by atoms with Crippen LogP contribution in [0.1, 0.15) is 35.2 Å². The minimum absolute atomic E-state index is 0.0642. The number of anilines is 2. The Bertz CT molecular complexity index is 1490. The third kappa shape index (κ3) is 5.44. The first-order valence-corrected chi connectivity index (χ1v) is 12.4. The SMILES string of the molecule is Cc1ccc(-c2nc3cc(NC(=S)NC(=O)c4ccc(N5CCCCC5)c([N+](=O)[O-])c4)ccc3o2)cc1. The molecule has 3 aromatic carbocycles. The molecule has 0 unspecified atom stereocenters. The number of rotatable bonds is 5. The Kier molecular flexibility index (Phi) is 6.82. The van der Waals surface area contributed by atoms with Gasteiger partial charge in [0.1, 0.15) is 11.2 Å². The first-order chi connectivity index (χ1) is 17.9. The van der Waals surface area contributed by atoms with Crippen LogP contribution in [-0.2, 0) is 0 Å². The molecule has 2 N–H and O–H groups in total. The number of nitro groups is 1. The molecule has 4 aromatic rings. The van der Waals surface area contributed by atoms with Crippen molar-refractivity contribution in [3.63, 3.8) is 0 Å². The summed E-state index contributed by atoms with van der Waals surface area (Å²) in [7, 11) is 0. The highest BCUT2D eigenvalue weighted by atomic mass is 32.1. The molecule has 188 valence electrons. The molecule has 9 nitrogen and oxygen atoms in total. The van der Waals surface area contributed by atoms with Crippen LogP contribution >= 0.6 is 12.2 Å². The summed E-state index contributed by atoms with van der Waals surface area (Å²) in [5.74, 6) is -0.0208. The lowest BCUT2D eigenvalue weighted by Crippen LogP contribution is -2.34. The molecule has 1 fully saturated rings. The molecular weight excluding hydrogens is 490 g/mol. The maximum atomic E-state index is 12.8. The smallest absolute Gasteiger partial charge is 0.293 e. The van der Waals surface area contributed by atoms with E-state index < -0.39 is 10.8 Å². The molecule has 1 saturated heterocycles. The fourth-order valence-corrected chi connectivity index (χ4v) is 4.59. The van der Waals surface area contributed by atoms with E-state index in [2.05, 4.69) is 15.6 Å². The Morgan fingerprint density at radius 2 is 1.81 bits per heavy atom. The zero-order valence-electron chi connectivity index (χ0n) is 20.2. The average molecular weight is 516 g/mol. The van der Waals surface area contributed by atoms with Crippen LogP contribution in [0.15, 0.2) is 65.1 Å². The Hall–Kier alpha value is -4.31. The number of hydrogen-bond donors (Lipinski definition) is 2. The lowest BCUT2D eigenvalue weighted by atomic mass is 10.1. The van der Waals surface area contributed by atoms with Crippen molar-refractivity contribution in [2.45, 2.75) is 26.2 Å². The molecule has 2 heterocycles. The molecule has 1 aliphatic rings. The minimum Gasteiger partial charge on any atom is -0.436 e. The largest absolute Gasteiger partial charge is 0.436 e. The lowest BCUT2D eigenvalue weighted by molar-refractivity contribution is -0.384. The summed E-state index contributed by atoms with van der Waals surface area (Å²) in [6.07, 6.45) is 3.10. The van der Waals surface area contributed by atoms with E-state index in [1.54, 1.807) is 30.3 Å².